The third kappa shape index (κ3) is 3.43. The van der Waals surface area contributed by atoms with E-state index in [2.05, 4.69) is 0 Å². The first-order valence-electron chi connectivity index (χ1n) is 10.6. The lowest BCUT2D eigenvalue weighted by molar-refractivity contribution is 0.135. The molecule has 0 saturated carbocycles. The molecule has 2 aliphatic heterocycles. The lowest BCUT2D eigenvalue weighted by atomic mass is 10.0. The van der Waals surface area contributed by atoms with E-state index in [1.165, 1.54) is 16.4 Å². The first-order valence-corrected chi connectivity index (χ1v) is 12.0. The van der Waals surface area contributed by atoms with Gasteiger partial charge in [-0.3, -0.25) is 4.90 Å². The molecule has 0 unspecified atom stereocenters. The van der Waals surface area contributed by atoms with Gasteiger partial charge in [-0.15, -0.1) is 0 Å². The topological polar surface area (TPSA) is 66.9 Å². The van der Waals surface area contributed by atoms with Crippen LogP contribution in [0.15, 0.2) is 59.5 Å². The van der Waals surface area contributed by atoms with Crippen molar-refractivity contribution < 1.29 is 22.3 Å². The fraction of sp³-hybridized carbons (Fsp3) is 0.292. The molecule has 6 nitrogen and oxygen atoms in total. The molecule has 0 aliphatic carbocycles. The fourth-order valence-electron chi connectivity index (χ4n) is 4.68. The van der Waals surface area contributed by atoms with E-state index in [4.69, 9.17) is 4.74 Å². The predicted octanol–water partition coefficient (Wildman–Crippen LogP) is 4.60. The molecule has 0 aromatic heterocycles. The van der Waals surface area contributed by atoms with Crippen LogP contribution in [-0.2, 0) is 21.4 Å². The minimum absolute atomic E-state index is 0.0378. The van der Waals surface area contributed by atoms with Crippen molar-refractivity contribution >= 4 is 32.6 Å². The number of amides is 1. The average Bonchev–Trinajstić information content (AvgIpc) is 2.79. The van der Waals surface area contributed by atoms with Crippen LogP contribution in [0.3, 0.4) is 0 Å². The predicted molar refractivity (Wildman–Crippen MR) is 120 cm³/mol. The van der Waals surface area contributed by atoms with Crippen molar-refractivity contribution in [2.45, 2.75) is 37.3 Å². The zero-order chi connectivity index (χ0) is 22.5. The SMILES string of the molecule is Cc1ccc(S(=O)(=O)N2CCC(N3C(=O)OCc4cc(F)ccc43)CC2)c2ccccc12. The van der Waals surface area contributed by atoms with Gasteiger partial charge in [-0.2, -0.15) is 4.31 Å². The van der Waals surface area contributed by atoms with Gasteiger partial charge >= 0.3 is 6.09 Å². The smallest absolute Gasteiger partial charge is 0.414 e. The molecule has 3 aromatic rings. The molecule has 1 saturated heterocycles. The monoisotopic (exact) mass is 454 g/mol. The van der Waals surface area contributed by atoms with Crippen molar-refractivity contribution in [1.82, 2.24) is 4.31 Å². The summed E-state index contributed by atoms with van der Waals surface area (Å²) in [6.07, 6.45) is 0.458. The first kappa shape index (κ1) is 20.9. The molecule has 32 heavy (non-hydrogen) atoms. The van der Waals surface area contributed by atoms with Crippen LogP contribution in [0.2, 0.25) is 0 Å². The van der Waals surface area contributed by atoms with Gasteiger partial charge in [0.05, 0.1) is 10.6 Å². The average molecular weight is 455 g/mol. The minimum atomic E-state index is -3.69. The highest BCUT2D eigenvalue weighted by atomic mass is 32.2. The van der Waals surface area contributed by atoms with Crippen molar-refractivity contribution in [3.8, 4) is 0 Å². The Hall–Kier alpha value is -2.97. The van der Waals surface area contributed by atoms with Crippen LogP contribution in [0.4, 0.5) is 14.9 Å². The Kier molecular flexibility index (Phi) is 5.14. The summed E-state index contributed by atoms with van der Waals surface area (Å²) in [6, 6.07) is 15.1. The summed E-state index contributed by atoms with van der Waals surface area (Å²) < 4.78 is 47.3. The summed E-state index contributed by atoms with van der Waals surface area (Å²) in [4.78, 5) is 14.3. The highest BCUT2D eigenvalue weighted by Gasteiger charge is 2.37. The number of sulfonamides is 1. The highest BCUT2D eigenvalue weighted by molar-refractivity contribution is 7.89. The first-order chi connectivity index (χ1) is 15.4. The lowest BCUT2D eigenvalue weighted by Crippen LogP contribution is -2.50. The molecule has 1 fully saturated rings. The number of carbonyl (C=O) groups excluding carboxylic acids is 1. The van der Waals surface area contributed by atoms with Crippen molar-refractivity contribution in [3.63, 3.8) is 0 Å². The minimum Gasteiger partial charge on any atom is -0.444 e. The summed E-state index contributed by atoms with van der Waals surface area (Å²) in [6.45, 7) is 2.58. The van der Waals surface area contributed by atoms with Crippen LogP contribution in [-0.4, -0.2) is 37.9 Å². The third-order valence-electron chi connectivity index (χ3n) is 6.36. The maximum atomic E-state index is 13.6. The molecule has 0 N–H and O–H groups in total. The van der Waals surface area contributed by atoms with Gasteiger partial charge in [0.1, 0.15) is 12.4 Å². The summed E-state index contributed by atoms with van der Waals surface area (Å²) in [7, 11) is -3.69. The normalized spacial score (nSPS) is 17.9. The maximum absolute atomic E-state index is 13.6. The van der Waals surface area contributed by atoms with Gasteiger partial charge in [0.15, 0.2) is 0 Å². The molecular formula is C24H23FN2O4S. The number of fused-ring (bicyclic) bond motifs is 2. The van der Waals surface area contributed by atoms with Gasteiger partial charge in [0.2, 0.25) is 10.0 Å². The van der Waals surface area contributed by atoms with Crippen molar-refractivity contribution in [2.24, 2.45) is 0 Å². The van der Waals surface area contributed by atoms with Crippen LogP contribution in [0.25, 0.3) is 10.8 Å². The van der Waals surface area contributed by atoms with E-state index >= 15 is 0 Å². The lowest BCUT2D eigenvalue weighted by Gasteiger charge is -2.39. The Balaban J connectivity index is 1.40. The number of piperidine rings is 1. The van der Waals surface area contributed by atoms with E-state index in [1.54, 1.807) is 17.0 Å². The van der Waals surface area contributed by atoms with E-state index in [0.717, 1.165) is 10.9 Å². The standard InChI is InChI=1S/C24H23FN2O4S/c1-16-6-9-23(21-5-3-2-4-20(16)21)32(29,30)26-12-10-19(11-13-26)27-22-8-7-18(25)14-17(22)15-31-24(27)28/h2-9,14,19H,10-13,15H2,1H3. The number of carbonyl (C=O) groups is 1. The van der Waals surface area contributed by atoms with Crippen LogP contribution >= 0.6 is 0 Å². The molecule has 2 aliphatic rings. The number of anilines is 1. The molecule has 0 spiro atoms. The number of hydrogen-bond acceptors (Lipinski definition) is 4. The van der Waals surface area contributed by atoms with Gasteiger partial charge in [0.25, 0.3) is 0 Å². The Bertz CT molecular complexity index is 1320. The number of benzene rings is 3. The second kappa shape index (κ2) is 7.86. The zero-order valence-electron chi connectivity index (χ0n) is 17.6. The summed E-state index contributed by atoms with van der Waals surface area (Å²) in [5, 5.41) is 1.63. The Morgan fingerprint density at radius 3 is 2.47 bits per heavy atom. The van der Waals surface area contributed by atoms with Gasteiger partial charge < -0.3 is 4.74 Å². The number of aryl methyl sites for hydroxylation is 1. The quantitative estimate of drug-likeness (QED) is 0.580. The highest BCUT2D eigenvalue weighted by Crippen LogP contribution is 2.34. The van der Waals surface area contributed by atoms with E-state index in [9.17, 15) is 17.6 Å². The van der Waals surface area contributed by atoms with Gasteiger partial charge in [-0.25, -0.2) is 17.6 Å². The van der Waals surface area contributed by atoms with Crippen molar-refractivity contribution in [3.05, 3.63) is 71.5 Å². The number of cyclic esters (lactones) is 1. The van der Waals surface area contributed by atoms with E-state index in [0.29, 0.717) is 34.4 Å². The number of rotatable bonds is 3. The second-order valence-corrected chi connectivity index (χ2v) is 10.2. The fourth-order valence-corrected chi connectivity index (χ4v) is 6.35. The molecule has 2 heterocycles. The molecule has 0 bridgehead atoms. The van der Waals surface area contributed by atoms with E-state index in [1.807, 2.05) is 37.3 Å². The molecule has 3 aromatic carbocycles. The second-order valence-electron chi connectivity index (χ2n) is 8.26. The summed E-state index contributed by atoms with van der Waals surface area (Å²) in [5.41, 5.74) is 2.27. The number of halogens is 1. The van der Waals surface area contributed by atoms with Gasteiger partial charge in [-0.1, -0.05) is 30.3 Å². The molecule has 8 heteroatoms. The Morgan fingerprint density at radius 1 is 1.00 bits per heavy atom. The molecular weight excluding hydrogens is 431 g/mol. The summed E-state index contributed by atoms with van der Waals surface area (Å²) in [5.74, 6) is -0.382. The van der Waals surface area contributed by atoms with Crippen LogP contribution in [0.5, 0.6) is 0 Å². The number of hydrogen-bond donors (Lipinski definition) is 0. The molecule has 0 radical (unpaired) electrons. The van der Waals surface area contributed by atoms with Crippen molar-refractivity contribution in [1.29, 1.82) is 0 Å². The van der Waals surface area contributed by atoms with Crippen LogP contribution in [0, 0.1) is 12.7 Å². The number of ether oxygens (including phenoxy) is 1. The number of nitrogens with zero attached hydrogens (tertiary/aromatic N) is 2. The van der Waals surface area contributed by atoms with Crippen LogP contribution in [0.1, 0.15) is 24.0 Å². The van der Waals surface area contributed by atoms with E-state index < -0.39 is 16.1 Å². The van der Waals surface area contributed by atoms with Gasteiger partial charge in [0, 0.05) is 30.1 Å². The molecule has 166 valence electrons. The molecule has 5 rings (SSSR count). The third-order valence-corrected chi connectivity index (χ3v) is 8.31. The zero-order valence-corrected chi connectivity index (χ0v) is 18.4. The Labute approximate surface area is 186 Å². The Morgan fingerprint density at radius 2 is 1.72 bits per heavy atom. The van der Waals surface area contributed by atoms with Gasteiger partial charge in [-0.05, 0) is 55.0 Å². The largest absolute Gasteiger partial charge is 0.444 e. The maximum Gasteiger partial charge on any atom is 0.414 e. The van der Waals surface area contributed by atoms with Crippen molar-refractivity contribution in [2.75, 3.05) is 18.0 Å². The van der Waals surface area contributed by atoms with E-state index in [-0.39, 0.29) is 31.6 Å². The summed E-state index contributed by atoms with van der Waals surface area (Å²) >= 11 is 0. The molecule has 1 amide bonds. The van der Waals surface area contributed by atoms with Crippen LogP contribution < -0.4 is 4.90 Å². The molecule has 0 atom stereocenters.